The van der Waals surface area contributed by atoms with E-state index < -0.39 is 0 Å². The van der Waals surface area contributed by atoms with Gasteiger partial charge < -0.3 is 10.3 Å². The summed E-state index contributed by atoms with van der Waals surface area (Å²) in [6.07, 6.45) is 0.967. The van der Waals surface area contributed by atoms with Crippen LogP contribution in [0.25, 0.3) is 10.8 Å². The van der Waals surface area contributed by atoms with Crippen molar-refractivity contribution in [1.29, 1.82) is 0 Å². The van der Waals surface area contributed by atoms with Crippen LogP contribution in [0.5, 0.6) is 0 Å². The van der Waals surface area contributed by atoms with Gasteiger partial charge in [-0.15, -0.1) is 11.3 Å². The highest BCUT2D eigenvalue weighted by Gasteiger charge is 2.20. The van der Waals surface area contributed by atoms with Crippen molar-refractivity contribution >= 4 is 28.0 Å². The van der Waals surface area contributed by atoms with Crippen LogP contribution in [0.4, 0.5) is 0 Å². The molecule has 0 aliphatic heterocycles. The molecule has 0 saturated heterocycles. The van der Waals surface area contributed by atoms with Gasteiger partial charge in [-0.3, -0.25) is 9.59 Å². The Balaban J connectivity index is 1.68. The number of thiophene rings is 1. The van der Waals surface area contributed by atoms with E-state index in [1.807, 2.05) is 47.8 Å². The van der Waals surface area contributed by atoms with Gasteiger partial charge in [0, 0.05) is 10.3 Å². The number of rotatable bonds is 5. The molecule has 5 heteroatoms. The smallest absolute Gasteiger partial charge is 0.268 e. The van der Waals surface area contributed by atoms with Crippen molar-refractivity contribution in [3.05, 3.63) is 104 Å². The van der Waals surface area contributed by atoms with Crippen LogP contribution >= 0.6 is 11.3 Å². The quantitative estimate of drug-likeness (QED) is 0.522. The molecule has 2 N–H and O–H groups in total. The Bertz CT molecular complexity index is 1160. The van der Waals surface area contributed by atoms with Crippen LogP contribution in [-0.2, 0) is 6.42 Å². The van der Waals surface area contributed by atoms with Crippen molar-refractivity contribution in [2.75, 3.05) is 0 Å². The number of hydrogen-bond donors (Lipinski definition) is 2. The summed E-state index contributed by atoms with van der Waals surface area (Å²) in [5.41, 5.74) is 2.26. The van der Waals surface area contributed by atoms with Crippen LogP contribution in [0.1, 0.15) is 39.5 Å². The van der Waals surface area contributed by atoms with Gasteiger partial charge in [0.15, 0.2) is 0 Å². The number of benzene rings is 2. The van der Waals surface area contributed by atoms with Crippen molar-refractivity contribution in [3.63, 3.8) is 0 Å². The number of aryl methyl sites for hydroxylation is 1. The zero-order chi connectivity index (χ0) is 19.5. The molecular weight excluding hydrogens is 368 g/mol. The molecule has 2 aromatic carbocycles. The van der Waals surface area contributed by atoms with E-state index in [9.17, 15) is 9.59 Å². The van der Waals surface area contributed by atoms with E-state index in [1.165, 1.54) is 5.56 Å². The van der Waals surface area contributed by atoms with E-state index in [0.717, 1.165) is 22.2 Å². The van der Waals surface area contributed by atoms with E-state index in [0.29, 0.717) is 5.39 Å². The summed E-state index contributed by atoms with van der Waals surface area (Å²) in [6, 6.07) is 20.9. The standard InChI is InChI=1S/C23H20N2O2S/c1-2-15-9-11-16(12-10-15)21(20-8-5-13-28-20)25-23(27)19-14-17-6-3-4-7-18(17)22(26)24-19/h3-14,21H,2H2,1H3,(H,24,26)(H,25,27)/t21-/m1/s1. The van der Waals surface area contributed by atoms with Crippen LogP contribution in [0.15, 0.2) is 76.9 Å². The number of carbonyl (C=O) groups excluding carboxylic acids is 1. The lowest BCUT2D eigenvalue weighted by Crippen LogP contribution is -2.30. The third kappa shape index (κ3) is 3.62. The topological polar surface area (TPSA) is 62.0 Å². The second kappa shape index (κ2) is 7.82. The SMILES string of the molecule is CCc1ccc([C@@H](NC(=O)c2cc3ccccc3c(=O)[nH]2)c2cccs2)cc1. The van der Waals surface area contributed by atoms with Crippen LogP contribution in [0.3, 0.4) is 0 Å². The summed E-state index contributed by atoms with van der Waals surface area (Å²) in [5, 5.41) is 6.40. The van der Waals surface area contributed by atoms with Crippen molar-refractivity contribution in [3.8, 4) is 0 Å². The van der Waals surface area contributed by atoms with Crippen molar-refractivity contribution in [2.45, 2.75) is 19.4 Å². The molecule has 0 saturated carbocycles. The van der Waals surface area contributed by atoms with E-state index in [2.05, 4.69) is 29.4 Å². The molecule has 1 atom stereocenters. The highest BCUT2D eigenvalue weighted by Crippen LogP contribution is 2.27. The molecule has 1 amide bonds. The lowest BCUT2D eigenvalue weighted by Gasteiger charge is -2.18. The van der Waals surface area contributed by atoms with Crippen molar-refractivity contribution in [1.82, 2.24) is 10.3 Å². The van der Waals surface area contributed by atoms with Gasteiger partial charge in [-0.05, 0) is 46.5 Å². The minimum absolute atomic E-state index is 0.260. The van der Waals surface area contributed by atoms with Crippen LogP contribution in [0.2, 0.25) is 0 Å². The van der Waals surface area contributed by atoms with E-state index in [-0.39, 0.29) is 23.2 Å². The number of nitrogens with one attached hydrogen (secondary N) is 2. The summed E-state index contributed by atoms with van der Waals surface area (Å²) in [5.74, 6) is -0.305. The first kappa shape index (κ1) is 18.2. The third-order valence-corrected chi connectivity index (χ3v) is 5.76. The third-order valence-electron chi connectivity index (χ3n) is 4.82. The molecule has 0 aliphatic carbocycles. The predicted molar refractivity (Wildman–Crippen MR) is 114 cm³/mol. The fraction of sp³-hybridized carbons (Fsp3) is 0.130. The molecule has 4 nitrogen and oxygen atoms in total. The van der Waals surface area contributed by atoms with Crippen LogP contribution < -0.4 is 10.9 Å². The molecule has 0 unspecified atom stereocenters. The van der Waals surface area contributed by atoms with Crippen molar-refractivity contribution in [2.24, 2.45) is 0 Å². The van der Waals surface area contributed by atoms with Gasteiger partial charge >= 0.3 is 0 Å². The molecular formula is C23H20N2O2S. The molecule has 0 spiro atoms. The van der Waals surface area contributed by atoms with Gasteiger partial charge in [-0.2, -0.15) is 0 Å². The van der Waals surface area contributed by atoms with E-state index >= 15 is 0 Å². The highest BCUT2D eigenvalue weighted by molar-refractivity contribution is 7.10. The normalized spacial score (nSPS) is 12.0. The number of hydrogen-bond acceptors (Lipinski definition) is 3. The number of H-pyrrole nitrogens is 1. The fourth-order valence-electron chi connectivity index (χ4n) is 3.26. The molecule has 4 rings (SSSR count). The molecule has 2 heterocycles. The fourth-order valence-corrected chi connectivity index (χ4v) is 4.06. The summed E-state index contributed by atoms with van der Waals surface area (Å²) in [4.78, 5) is 29.0. The molecule has 140 valence electrons. The first-order chi connectivity index (χ1) is 13.7. The summed E-state index contributed by atoms with van der Waals surface area (Å²) in [6.45, 7) is 2.11. The molecule has 2 aromatic heterocycles. The molecule has 0 bridgehead atoms. The Kier molecular flexibility index (Phi) is 5.08. The summed E-state index contributed by atoms with van der Waals surface area (Å²) in [7, 11) is 0. The second-order valence-electron chi connectivity index (χ2n) is 6.62. The Morgan fingerprint density at radius 1 is 1.07 bits per heavy atom. The van der Waals surface area contributed by atoms with Crippen LogP contribution in [0, 0.1) is 0 Å². The highest BCUT2D eigenvalue weighted by atomic mass is 32.1. The second-order valence-corrected chi connectivity index (χ2v) is 7.60. The maximum Gasteiger partial charge on any atom is 0.268 e. The Morgan fingerprint density at radius 3 is 2.57 bits per heavy atom. The average molecular weight is 388 g/mol. The number of amides is 1. The zero-order valence-corrected chi connectivity index (χ0v) is 16.3. The molecule has 0 fully saturated rings. The first-order valence-corrected chi connectivity index (χ1v) is 10.1. The van der Waals surface area contributed by atoms with Gasteiger partial charge in [0.2, 0.25) is 0 Å². The van der Waals surface area contributed by atoms with Crippen molar-refractivity contribution < 1.29 is 4.79 Å². The minimum atomic E-state index is -0.305. The monoisotopic (exact) mass is 388 g/mol. The van der Waals surface area contributed by atoms with Gasteiger partial charge in [0.1, 0.15) is 5.69 Å². The van der Waals surface area contributed by atoms with Gasteiger partial charge in [-0.25, -0.2) is 0 Å². The summed E-state index contributed by atoms with van der Waals surface area (Å²) < 4.78 is 0. The minimum Gasteiger partial charge on any atom is -0.339 e. The predicted octanol–water partition coefficient (Wildman–Crippen LogP) is 4.67. The number of aromatic amines is 1. The molecule has 28 heavy (non-hydrogen) atoms. The molecule has 0 aliphatic rings. The number of pyridine rings is 1. The van der Waals surface area contributed by atoms with Gasteiger partial charge in [-0.1, -0.05) is 55.5 Å². The average Bonchev–Trinajstić information content (AvgIpc) is 3.26. The number of fused-ring (bicyclic) bond motifs is 1. The Morgan fingerprint density at radius 2 is 1.86 bits per heavy atom. The zero-order valence-electron chi connectivity index (χ0n) is 15.4. The molecule has 4 aromatic rings. The Labute approximate surface area is 166 Å². The maximum atomic E-state index is 13.0. The molecule has 0 radical (unpaired) electrons. The van der Waals surface area contributed by atoms with E-state index in [4.69, 9.17) is 0 Å². The largest absolute Gasteiger partial charge is 0.339 e. The lowest BCUT2D eigenvalue weighted by atomic mass is 10.0. The van der Waals surface area contributed by atoms with Gasteiger partial charge in [0.05, 0.1) is 6.04 Å². The van der Waals surface area contributed by atoms with E-state index in [1.54, 1.807) is 23.5 Å². The van der Waals surface area contributed by atoms with Crippen LogP contribution in [-0.4, -0.2) is 10.9 Å². The first-order valence-electron chi connectivity index (χ1n) is 9.21. The lowest BCUT2D eigenvalue weighted by molar-refractivity contribution is 0.0938. The maximum absolute atomic E-state index is 13.0. The summed E-state index contributed by atoms with van der Waals surface area (Å²) >= 11 is 1.59. The Hall–Kier alpha value is -3.18. The van der Waals surface area contributed by atoms with Gasteiger partial charge in [0.25, 0.3) is 11.5 Å². The number of aromatic nitrogens is 1. The number of carbonyl (C=O) groups is 1.